The fourth-order valence-electron chi connectivity index (χ4n) is 2.33. The van der Waals surface area contributed by atoms with Crippen LogP contribution >= 0.6 is 0 Å². The SMILES string of the molecule is CCCNCc1ccc(NC(=O)C2CCC(C)O2)cc1. The molecule has 2 rings (SSSR count). The molecule has 0 radical (unpaired) electrons. The Labute approximate surface area is 120 Å². The van der Waals surface area contributed by atoms with Crippen LogP contribution in [0.2, 0.25) is 0 Å². The zero-order valence-corrected chi connectivity index (χ0v) is 12.3. The molecule has 110 valence electrons. The molecule has 1 aromatic carbocycles. The molecule has 1 aliphatic heterocycles. The van der Waals surface area contributed by atoms with Gasteiger partial charge in [0.1, 0.15) is 6.10 Å². The largest absolute Gasteiger partial charge is 0.365 e. The minimum absolute atomic E-state index is 0.0359. The number of anilines is 1. The average Bonchev–Trinajstić information content (AvgIpc) is 2.88. The predicted octanol–water partition coefficient (Wildman–Crippen LogP) is 2.69. The van der Waals surface area contributed by atoms with Gasteiger partial charge in [0.15, 0.2) is 0 Å². The fourth-order valence-corrected chi connectivity index (χ4v) is 2.33. The predicted molar refractivity (Wildman–Crippen MR) is 80.6 cm³/mol. The van der Waals surface area contributed by atoms with E-state index in [-0.39, 0.29) is 18.1 Å². The maximum absolute atomic E-state index is 12.0. The summed E-state index contributed by atoms with van der Waals surface area (Å²) in [4.78, 5) is 12.0. The molecule has 20 heavy (non-hydrogen) atoms. The quantitative estimate of drug-likeness (QED) is 0.785. The van der Waals surface area contributed by atoms with Crippen LogP contribution in [0, 0.1) is 0 Å². The Balaban J connectivity index is 1.82. The second kappa shape index (κ2) is 7.41. The van der Waals surface area contributed by atoms with Crippen molar-refractivity contribution < 1.29 is 9.53 Å². The fraction of sp³-hybridized carbons (Fsp3) is 0.562. The molecule has 0 aromatic heterocycles. The number of benzene rings is 1. The molecule has 4 heteroatoms. The van der Waals surface area contributed by atoms with Gasteiger partial charge in [-0.1, -0.05) is 19.1 Å². The van der Waals surface area contributed by atoms with E-state index in [1.54, 1.807) is 0 Å². The van der Waals surface area contributed by atoms with E-state index < -0.39 is 0 Å². The number of carbonyl (C=O) groups is 1. The molecule has 1 fully saturated rings. The Morgan fingerprint density at radius 1 is 1.30 bits per heavy atom. The molecule has 0 spiro atoms. The number of rotatable bonds is 6. The summed E-state index contributed by atoms with van der Waals surface area (Å²) in [6.07, 6.45) is 2.80. The van der Waals surface area contributed by atoms with Crippen molar-refractivity contribution in [3.8, 4) is 0 Å². The molecule has 1 heterocycles. The van der Waals surface area contributed by atoms with E-state index in [2.05, 4.69) is 17.6 Å². The summed E-state index contributed by atoms with van der Waals surface area (Å²) in [7, 11) is 0. The second-order valence-corrected chi connectivity index (χ2v) is 5.38. The van der Waals surface area contributed by atoms with Gasteiger partial charge in [-0.2, -0.15) is 0 Å². The first-order valence-electron chi connectivity index (χ1n) is 7.45. The standard InChI is InChI=1S/C16H24N2O2/c1-3-10-17-11-13-5-7-14(8-6-13)18-16(19)15-9-4-12(2)20-15/h5-8,12,15,17H,3-4,9-11H2,1-2H3,(H,18,19). The van der Waals surface area contributed by atoms with Crippen LogP contribution in [0.3, 0.4) is 0 Å². The number of amides is 1. The molecular weight excluding hydrogens is 252 g/mol. The van der Waals surface area contributed by atoms with Crippen molar-refractivity contribution in [3.05, 3.63) is 29.8 Å². The minimum atomic E-state index is -0.295. The van der Waals surface area contributed by atoms with Gasteiger partial charge in [0.25, 0.3) is 5.91 Å². The number of hydrogen-bond acceptors (Lipinski definition) is 3. The summed E-state index contributed by atoms with van der Waals surface area (Å²) in [5.74, 6) is -0.0359. The van der Waals surface area contributed by atoms with E-state index >= 15 is 0 Å². The summed E-state index contributed by atoms with van der Waals surface area (Å²) in [5.41, 5.74) is 2.06. The van der Waals surface area contributed by atoms with Crippen molar-refractivity contribution in [3.63, 3.8) is 0 Å². The van der Waals surface area contributed by atoms with Crippen LogP contribution in [0.15, 0.2) is 24.3 Å². The van der Waals surface area contributed by atoms with Gasteiger partial charge in [0.05, 0.1) is 6.10 Å². The molecular formula is C16H24N2O2. The summed E-state index contributed by atoms with van der Waals surface area (Å²) >= 11 is 0. The summed E-state index contributed by atoms with van der Waals surface area (Å²) in [6.45, 7) is 6.05. The minimum Gasteiger partial charge on any atom is -0.365 e. The lowest BCUT2D eigenvalue weighted by Crippen LogP contribution is -2.27. The van der Waals surface area contributed by atoms with Crippen LogP contribution in [0.25, 0.3) is 0 Å². The summed E-state index contributed by atoms with van der Waals surface area (Å²) in [6, 6.07) is 7.96. The lowest BCUT2D eigenvalue weighted by Gasteiger charge is -2.12. The third kappa shape index (κ3) is 4.32. The molecule has 0 bridgehead atoms. The van der Waals surface area contributed by atoms with Crippen LogP contribution in [0.4, 0.5) is 5.69 Å². The molecule has 4 nitrogen and oxygen atoms in total. The number of ether oxygens (including phenoxy) is 1. The molecule has 1 aromatic rings. The van der Waals surface area contributed by atoms with Gasteiger partial charge in [0.2, 0.25) is 0 Å². The highest BCUT2D eigenvalue weighted by molar-refractivity contribution is 5.94. The van der Waals surface area contributed by atoms with Gasteiger partial charge in [-0.05, 0) is 50.4 Å². The Bertz CT molecular complexity index is 431. The molecule has 1 amide bonds. The Morgan fingerprint density at radius 3 is 2.65 bits per heavy atom. The maximum Gasteiger partial charge on any atom is 0.253 e. The Morgan fingerprint density at radius 2 is 2.05 bits per heavy atom. The topological polar surface area (TPSA) is 50.4 Å². The first-order chi connectivity index (χ1) is 9.69. The number of carbonyl (C=O) groups excluding carboxylic acids is 1. The average molecular weight is 276 g/mol. The van der Waals surface area contributed by atoms with Crippen LogP contribution < -0.4 is 10.6 Å². The second-order valence-electron chi connectivity index (χ2n) is 5.38. The van der Waals surface area contributed by atoms with Crippen molar-refractivity contribution in [2.24, 2.45) is 0 Å². The zero-order valence-electron chi connectivity index (χ0n) is 12.3. The number of hydrogen-bond donors (Lipinski definition) is 2. The highest BCUT2D eigenvalue weighted by Gasteiger charge is 2.27. The van der Waals surface area contributed by atoms with E-state index in [1.807, 2.05) is 31.2 Å². The van der Waals surface area contributed by atoms with Crippen LogP contribution in [-0.2, 0) is 16.1 Å². The molecule has 2 N–H and O–H groups in total. The van der Waals surface area contributed by atoms with Crippen LogP contribution in [-0.4, -0.2) is 24.7 Å². The monoisotopic (exact) mass is 276 g/mol. The van der Waals surface area contributed by atoms with Crippen molar-refractivity contribution in [1.29, 1.82) is 0 Å². The van der Waals surface area contributed by atoms with E-state index in [0.717, 1.165) is 38.0 Å². The van der Waals surface area contributed by atoms with Gasteiger partial charge in [-0.25, -0.2) is 0 Å². The van der Waals surface area contributed by atoms with Gasteiger partial charge in [-0.15, -0.1) is 0 Å². The third-order valence-corrected chi connectivity index (χ3v) is 3.50. The van der Waals surface area contributed by atoms with Gasteiger partial charge in [-0.3, -0.25) is 4.79 Å². The summed E-state index contributed by atoms with van der Waals surface area (Å²) in [5, 5.41) is 6.27. The summed E-state index contributed by atoms with van der Waals surface area (Å²) < 4.78 is 5.56. The number of nitrogens with one attached hydrogen (secondary N) is 2. The normalized spacial score (nSPS) is 21.9. The van der Waals surface area contributed by atoms with E-state index in [1.165, 1.54) is 5.56 Å². The molecule has 2 unspecified atom stereocenters. The first-order valence-corrected chi connectivity index (χ1v) is 7.45. The molecule has 2 atom stereocenters. The van der Waals surface area contributed by atoms with Crippen molar-refractivity contribution in [2.45, 2.75) is 51.9 Å². The van der Waals surface area contributed by atoms with Crippen molar-refractivity contribution in [2.75, 3.05) is 11.9 Å². The first kappa shape index (κ1) is 15.0. The molecule has 0 saturated carbocycles. The van der Waals surface area contributed by atoms with Crippen molar-refractivity contribution in [1.82, 2.24) is 5.32 Å². The third-order valence-electron chi connectivity index (χ3n) is 3.50. The van der Waals surface area contributed by atoms with Crippen LogP contribution in [0.1, 0.15) is 38.7 Å². The molecule has 0 aliphatic carbocycles. The highest BCUT2D eigenvalue weighted by atomic mass is 16.5. The van der Waals surface area contributed by atoms with Gasteiger partial charge >= 0.3 is 0 Å². The maximum atomic E-state index is 12.0. The van der Waals surface area contributed by atoms with E-state index in [4.69, 9.17) is 4.74 Å². The smallest absolute Gasteiger partial charge is 0.253 e. The molecule has 1 aliphatic rings. The van der Waals surface area contributed by atoms with E-state index in [9.17, 15) is 4.79 Å². The zero-order chi connectivity index (χ0) is 14.4. The Kier molecular flexibility index (Phi) is 5.56. The van der Waals surface area contributed by atoms with Crippen LogP contribution in [0.5, 0.6) is 0 Å². The van der Waals surface area contributed by atoms with Crippen molar-refractivity contribution >= 4 is 11.6 Å². The van der Waals surface area contributed by atoms with E-state index in [0.29, 0.717) is 0 Å². The lowest BCUT2D eigenvalue weighted by atomic mass is 10.1. The Hall–Kier alpha value is -1.39. The highest BCUT2D eigenvalue weighted by Crippen LogP contribution is 2.20. The lowest BCUT2D eigenvalue weighted by molar-refractivity contribution is -0.126. The molecule has 1 saturated heterocycles. The van der Waals surface area contributed by atoms with Gasteiger partial charge in [0, 0.05) is 12.2 Å². The van der Waals surface area contributed by atoms with Gasteiger partial charge < -0.3 is 15.4 Å².